The summed E-state index contributed by atoms with van der Waals surface area (Å²) >= 11 is 0. The van der Waals surface area contributed by atoms with E-state index in [1.807, 2.05) is 19.0 Å². The number of amides is 1. The van der Waals surface area contributed by atoms with Crippen LogP contribution in [0.2, 0.25) is 0 Å². The Hall–Kier alpha value is -0.570. The van der Waals surface area contributed by atoms with Gasteiger partial charge in [0.25, 0.3) is 0 Å². The Morgan fingerprint density at radius 2 is 2.27 bits per heavy atom. The van der Waals surface area contributed by atoms with E-state index in [9.17, 15) is 4.79 Å². The van der Waals surface area contributed by atoms with E-state index in [2.05, 4.69) is 5.32 Å². The van der Waals surface area contributed by atoms with Crippen molar-refractivity contribution in [1.29, 1.82) is 0 Å². The number of nitrogens with one attached hydrogen (secondary N) is 1. The van der Waals surface area contributed by atoms with Crippen molar-refractivity contribution in [2.24, 2.45) is 5.92 Å². The van der Waals surface area contributed by atoms with Gasteiger partial charge in [0.2, 0.25) is 5.91 Å². The predicted octanol–water partition coefficient (Wildman–Crippen LogP) is 0.0742. The first kappa shape index (κ1) is 8.53. The highest BCUT2D eigenvalue weighted by Crippen LogP contribution is 2.30. The zero-order chi connectivity index (χ0) is 8.27. The smallest absolute Gasteiger partial charge is 0.225 e. The van der Waals surface area contributed by atoms with Crippen LogP contribution in [0.5, 0.6) is 0 Å². The second kappa shape index (κ2) is 3.72. The minimum atomic E-state index is 0.320. The van der Waals surface area contributed by atoms with Gasteiger partial charge >= 0.3 is 0 Å². The normalized spacial score (nSPS) is 16.5. The molecule has 3 nitrogen and oxygen atoms in total. The van der Waals surface area contributed by atoms with Crippen LogP contribution in [-0.4, -0.2) is 38.0 Å². The number of carbonyl (C=O) groups is 1. The molecule has 0 aliphatic heterocycles. The van der Waals surface area contributed by atoms with Crippen LogP contribution in [0.3, 0.4) is 0 Å². The number of hydrogen-bond acceptors (Lipinski definition) is 2. The van der Waals surface area contributed by atoms with Gasteiger partial charge in [0, 0.05) is 26.1 Å². The molecule has 1 aliphatic rings. The Balaban J connectivity index is 2.16. The van der Waals surface area contributed by atoms with Gasteiger partial charge in [0.05, 0.1) is 0 Å². The molecular weight excluding hydrogens is 140 g/mol. The van der Waals surface area contributed by atoms with Crippen LogP contribution in [0.1, 0.15) is 12.8 Å². The van der Waals surface area contributed by atoms with Gasteiger partial charge in [-0.2, -0.15) is 0 Å². The van der Waals surface area contributed by atoms with Gasteiger partial charge in [-0.1, -0.05) is 0 Å². The van der Waals surface area contributed by atoms with Crippen molar-refractivity contribution < 1.29 is 4.79 Å². The molecule has 1 aliphatic carbocycles. The Bertz CT molecular complexity index is 143. The van der Waals surface area contributed by atoms with Crippen molar-refractivity contribution in [3.8, 4) is 0 Å². The Morgan fingerprint density at radius 3 is 2.73 bits per heavy atom. The lowest BCUT2D eigenvalue weighted by Gasteiger charge is -2.15. The van der Waals surface area contributed by atoms with Crippen LogP contribution >= 0.6 is 0 Å². The lowest BCUT2D eigenvalue weighted by atomic mass is 10.3. The summed E-state index contributed by atoms with van der Waals surface area (Å²) in [5, 5.41) is 3.02. The molecule has 3 heteroatoms. The average Bonchev–Trinajstić information content (AvgIpc) is 2.81. The summed E-state index contributed by atoms with van der Waals surface area (Å²) in [7, 11) is 3.77. The number of hydrogen-bond donors (Lipinski definition) is 1. The van der Waals surface area contributed by atoms with E-state index < -0.39 is 0 Å². The third-order valence-corrected chi connectivity index (χ3v) is 2.00. The molecule has 0 heterocycles. The van der Waals surface area contributed by atoms with E-state index in [-0.39, 0.29) is 0 Å². The minimum Gasteiger partial charge on any atom is -0.344 e. The molecule has 0 atom stereocenters. The first-order valence-electron chi connectivity index (χ1n) is 4.15. The highest BCUT2D eigenvalue weighted by atomic mass is 16.2. The summed E-state index contributed by atoms with van der Waals surface area (Å²) in [4.78, 5) is 13.1. The summed E-state index contributed by atoms with van der Waals surface area (Å²) in [5.41, 5.74) is 0. The molecule has 0 aromatic rings. The third kappa shape index (κ3) is 2.50. The fourth-order valence-corrected chi connectivity index (χ4v) is 1.03. The number of nitrogens with zero attached hydrogens (tertiary/aromatic N) is 1. The molecule has 1 amide bonds. The van der Waals surface area contributed by atoms with Gasteiger partial charge in [-0.15, -0.1) is 0 Å². The van der Waals surface area contributed by atoms with Crippen molar-refractivity contribution in [2.75, 3.05) is 27.2 Å². The molecule has 0 saturated heterocycles. The van der Waals surface area contributed by atoms with Gasteiger partial charge in [-0.05, 0) is 19.9 Å². The summed E-state index contributed by atoms with van der Waals surface area (Å²) in [6.07, 6.45) is 2.20. The fourth-order valence-electron chi connectivity index (χ4n) is 1.03. The van der Waals surface area contributed by atoms with Crippen LogP contribution in [0.15, 0.2) is 0 Å². The monoisotopic (exact) mass is 156 g/mol. The maximum atomic E-state index is 11.3. The van der Waals surface area contributed by atoms with Crippen LogP contribution in [-0.2, 0) is 4.79 Å². The standard InChI is InChI=1S/C8H16N2O/c1-9-5-6-10(2)8(11)7-3-4-7/h7,9H,3-6H2,1-2H3. The first-order valence-corrected chi connectivity index (χ1v) is 4.15. The van der Waals surface area contributed by atoms with Gasteiger partial charge in [0.1, 0.15) is 0 Å². The molecule has 1 fully saturated rings. The molecule has 0 aromatic carbocycles. The molecule has 1 saturated carbocycles. The number of likely N-dealkylation sites (N-methyl/N-ethyl adjacent to an activating group) is 2. The summed E-state index contributed by atoms with van der Waals surface area (Å²) in [5.74, 6) is 0.678. The van der Waals surface area contributed by atoms with E-state index >= 15 is 0 Å². The molecule has 0 aromatic heterocycles. The van der Waals surface area contributed by atoms with E-state index in [0.717, 1.165) is 25.9 Å². The molecule has 1 N–H and O–H groups in total. The maximum Gasteiger partial charge on any atom is 0.225 e. The van der Waals surface area contributed by atoms with Crippen molar-refractivity contribution in [1.82, 2.24) is 10.2 Å². The minimum absolute atomic E-state index is 0.320. The Morgan fingerprint density at radius 1 is 1.64 bits per heavy atom. The van der Waals surface area contributed by atoms with Crippen LogP contribution in [0.25, 0.3) is 0 Å². The van der Waals surface area contributed by atoms with Gasteiger partial charge in [-0.25, -0.2) is 0 Å². The van der Waals surface area contributed by atoms with Gasteiger partial charge in [0.15, 0.2) is 0 Å². The molecule has 0 radical (unpaired) electrons. The molecule has 0 spiro atoms. The Labute approximate surface area is 67.8 Å². The third-order valence-electron chi connectivity index (χ3n) is 2.00. The van der Waals surface area contributed by atoms with Crippen LogP contribution < -0.4 is 5.32 Å². The Kier molecular flexibility index (Phi) is 2.88. The molecule has 0 bridgehead atoms. The van der Waals surface area contributed by atoms with Crippen LogP contribution in [0, 0.1) is 5.92 Å². The van der Waals surface area contributed by atoms with E-state index in [1.165, 1.54) is 0 Å². The molecule has 11 heavy (non-hydrogen) atoms. The zero-order valence-electron chi connectivity index (χ0n) is 7.26. The second-order valence-electron chi connectivity index (χ2n) is 3.14. The quantitative estimate of drug-likeness (QED) is 0.625. The maximum absolute atomic E-state index is 11.3. The molecule has 64 valence electrons. The summed E-state index contributed by atoms with van der Waals surface area (Å²) < 4.78 is 0. The molecule has 1 rings (SSSR count). The van der Waals surface area contributed by atoms with Crippen molar-refractivity contribution in [2.45, 2.75) is 12.8 Å². The highest BCUT2D eigenvalue weighted by molar-refractivity contribution is 5.80. The number of rotatable bonds is 4. The van der Waals surface area contributed by atoms with Crippen LogP contribution in [0.4, 0.5) is 0 Å². The summed E-state index contributed by atoms with van der Waals surface area (Å²) in [6.45, 7) is 1.71. The second-order valence-corrected chi connectivity index (χ2v) is 3.14. The molecular formula is C8H16N2O. The first-order chi connectivity index (χ1) is 5.25. The topological polar surface area (TPSA) is 32.3 Å². The highest BCUT2D eigenvalue weighted by Gasteiger charge is 2.31. The van der Waals surface area contributed by atoms with Crippen molar-refractivity contribution in [3.63, 3.8) is 0 Å². The van der Waals surface area contributed by atoms with Gasteiger partial charge < -0.3 is 10.2 Å². The lowest BCUT2D eigenvalue weighted by molar-refractivity contribution is -0.131. The largest absolute Gasteiger partial charge is 0.344 e. The SMILES string of the molecule is CNCCN(C)C(=O)C1CC1. The average molecular weight is 156 g/mol. The van der Waals surface area contributed by atoms with Crippen molar-refractivity contribution >= 4 is 5.91 Å². The van der Waals surface area contributed by atoms with E-state index in [1.54, 1.807) is 0 Å². The summed E-state index contributed by atoms with van der Waals surface area (Å²) in [6, 6.07) is 0. The lowest BCUT2D eigenvalue weighted by Crippen LogP contribution is -2.33. The molecule has 0 unspecified atom stereocenters. The van der Waals surface area contributed by atoms with E-state index in [0.29, 0.717) is 11.8 Å². The predicted molar refractivity (Wildman–Crippen MR) is 44.3 cm³/mol. The van der Waals surface area contributed by atoms with Crippen molar-refractivity contribution in [3.05, 3.63) is 0 Å². The van der Waals surface area contributed by atoms with Gasteiger partial charge in [-0.3, -0.25) is 4.79 Å². The van der Waals surface area contributed by atoms with E-state index in [4.69, 9.17) is 0 Å². The number of carbonyl (C=O) groups excluding carboxylic acids is 1. The zero-order valence-corrected chi connectivity index (χ0v) is 7.26. The fraction of sp³-hybridized carbons (Fsp3) is 0.875.